The Hall–Kier alpha value is -2.28. The molecule has 0 fully saturated rings. The number of hydrogen-bond donors (Lipinski definition) is 0. The summed E-state index contributed by atoms with van der Waals surface area (Å²) in [5.74, 6) is -1.12. The normalized spacial score (nSPS) is 15.8. The standard InChI is InChI=1S/C25H28F3N/c1-2-3-4-5-6-18-12-24(27)22(25(28)13-18)10-8-17-7-9-19-14-21(16-29)23(26)15-20(19)11-17/h12-15,17H,2-11H2,1H3. The molecule has 2 aromatic carbocycles. The number of unbranched alkanes of at least 4 members (excludes halogenated alkanes) is 3. The maximum Gasteiger partial charge on any atom is 0.141 e. The van der Waals surface area contributed by atoms with Crippen LogP contribution in [-0.2, 0) is 25.7 Å². The van der Waals surface area contributed by atoms with Crippen LogP contribution in [-0.4, -0.2) is 0 Å². The molecule has 0 aromatic heterocycles. The Balaban J connectivity index is 1.60. The summed E-state index contributed by atoms with van der Waals surface area (Å²) >= 11 is 0. The van der Waals surface area contributed by atoms with E-state index in [9.17, 15) is 13.2 Å². The number of hydrogen-bond acceptors (Lipinski definition) is 1. The number of benzene rings is 2. The lowest BCUT2D eigenvalue weighted by Gasteiger charge is -2.25. The van der Waals surface area contributed by atoms with Gasteiger partial charge in [-0.2, -0.15) is 5.26 Å². The van der Waals surface area contributed by atoms with Crippen LogP contribution in [0.4, 0.5) is 13.2 Å². The van der Waals surface area contributed by atoms with Gasteiger partial charge in [-0.3, -0.25) is 0 Å². The van der Waals surface area contributed by atoms with Gasteiger partial charge in [0.05, 0.1) is 5.56 Å². The van der Waals surface area contributed by atoms with Crippen molar-refractivity contribution in [3.8, 4) is 6.07 Å². The van der Waals surface area contributed by atoms with Crippen molar-refractivity contribution in [1.82, 2.24) is 0 Å². The van der Waals surface area contributed by atoms with Crippen LogP contribution in [0.25, 0.3) is 0 Å². The predicted molar refractivity (Wildman–Crippen MR) is 109 cm³/mol. The molecule has 3 rings (SSSR count). The van der Waals surface area contributed by atoms with Crippen LogP contribution in [0.15, 0.2) is 24.3 Å². The van der Waals surface area contributed by atoms with Crippen LogP contribution in [0, 0.1) is 34.7 Å². The first-order chi connectivity index (χ1) is 14.0. The van der Waals surface area contributed by atoms with Gasteiger partial charge in [0.2, 0.25) is 0 Å². The van der Waals surface area contributed by atoms with E-state index in [2.05, 4.69) is 6.92 Å². The van der Waals surface area contributed by atoms with Crippen molar-refractivity contribution in [2.75, 3.05) is 0 Å². The van der Waals surface area contributed by atoms with Gasteiger partial charge < -0.3 is 0 Å². The van der Waals surface area contributed by atoms with Crippen molar-refractivity contribution in [1.29, 1.82) is 5.26 Å². The molecule has 1 aliphatic carbocycles. The quantitative estimate of drug-likeness (QED) is 0.446. The first-order valence-electron chi connectivity index (χ1n) is 10.7. The molecule has 0 N–H and O–H groups in total. The minimum atomic E-state index is -0.487. The fourth-order valence-electron chi connectivity index (χ4n) is 4.33. The first-order valence-corrected chi connectivity index (χ1v) is 10.7. The molecule has 1 nitrogen and oxygen atoms in total. The average Bonchev–Trinajstić information content (AvgIpc) is 2.70. The Kier molecular flexibility index (Phi) is 7.36. The van der Waals surface area contributed by atoms with E-state index >= 15 is 0 Å². The minimum Gasteiger partial charge on any atom is -0.207 e. The Morgan fingerprint density at radius 1 is 0.931 bits per heavy atom. The Morgan fingerprint density at radius 3 is 2.38 bits per heavy atom. The van der Waals surface area contributed by atoms with Gasteiger partial charge in [0.25, 0.3) is 0 Å². The molecule has 1 unspecified atom stereocenters. The van der Waals surface area contributed by atoms with E-state index in [1.807, 2.05) is 6.07 Å². The third-order valence-electron chi connectivity index (χ3n) is 6.06. The second kappa shape index (κ2) is 9.96. The topological polar surface area (TPSA) is 23.8 Å². The summed E-state index contributed by atoms with van der Waals surface area (Å²) in [5.41, 5.74) is 2.92. The summed E-state index contributed by atoms with van der Waals surface area (Å²) in [7, 11) is 0. The predicted octanol–water partition coefficient (Wildman–Crippen LogP) is 6.84. The van der Waals surface area contributed by atoms with Gasteiger partial charge in [-0.1, -0.05) is 26.2 Å². The molecule has 4 heteroatoms. The number of rotatable bonds is 8. The van der Waals surface area contributed by atoms with Crippen LogP contribution >= 0.6 is 0 Å². The maximum absolute atomic E-state index is 14.5. The van der Waals surface area contributed by atoms with Crippen LogP contribution in [0.5, 0.6) is 0 Å². The lowest BCUT2D eigenvalue weighted by molar-refractivity contribution is 0.417. The van der Waals surface area contributed by atoms with Crippen LogP contribution < -0.4 is 0 Å². The summed E-state index contributed by atoms with van der Waals surface area (Å²) in [6, 6.07) is 7.94. The molecule has 0 aliphatic heterocycles. The van der Waals surface area contributed by atoms with E-state index in [1.165, 1.54) is 18.2 Å². The molecule has 0 spiro atoms. The van der Waals surface area contributed by atoms with Crippen molar-refractivity contribution in [2.24, 2.45) is 5.92 Å². The molecule has 1 aliphatic rings. The molecule has 0 radical (unpaired) electrons. The molecular weight excluding hydrogens is 371 g/mol. The highest BCUT2D eigenvalue weighted by molar-refractivity contribution is 5.41. The highest BCUT2D eigenvalue weighted by Crippen LogP contribution is 2.31. The van der Waals surface area contributed by atoms with Crippen molar-refractivity contribution >= 4 is 0 Å². The monoisotopic (exact) mass is 399 g/mol. The van der Waals surface area contributed by atoms with Gasteiger partial charge in [-0.15, -0.1) is 0 Å². The third kappa shape index (κ3) is 5.41. The van der Waals surface area contributed by atoms with E-state index in [0.29, 0.717) is 25.7 Å². The maximum atomic E-state index is 14.5. The van der Waals surface area contributed by atoms with Crippen LogP contribution in [0.1, 0.15) is 73.3 Å². The fraction of sp³-hybridized carbons (Fsp3) is 0.480. The number of fused-ring (bicyclic) bond motifs is 1. The van der Waals surface area contributed by atoms with E-state index < -0.39 is 17.5 Å². The second-order valence-electron chi connectivity index (χ2n) is 8.21. The third-order valence-corrected chi connectivity index (χ3v) is 6.06. The lowest BCUT2D eigenvalue weighted by atomic mass is 9.80. The van der Waals surface area contributed by atoms with E-state index in [0.717, 1.165) is 55.2 Å². The summed E-state index contributed by atoms with van der Waals surface area (Å²) in [5, 5.41) is 8.96. The van der Waals surface area contributed by atoms with Crippen molar-refractivity contribution in [2.45, 2.75) is 71.1 Å². The fourth-order valence-corrected chi connectivity index (χ4v) is 4.33. The SMILES string of the molecule is CCCCCCc1cc(F)c(CCC2CCc3cc(C#N)c(F)cc3C2)c(F)c1. The number of halogens is 3. The van der Waals surface area contributed by atoms with Gasteiger partial charge in [-0.25, -0.2) is 13.2 Å². The molecule has 154 valence electrons. The molecule has 0 bridgehead atoms. The molecule has 2 aromatic rings. The molecule has 0 saturated carbocycles. The number of aryl methyl sites for hydroxylation is 2. The van der Waals surface area contributed by atoms with Crippen molar-refractivity contribution < 1.29 is 13.2 Å². The molecular formula is C25H28F3N. The minimum absolute atomic E-state index is 0.0844. The Labute approximate surface area is 171 Å². The summed E-state index contributed by atoms with van der Waals surface area (Å²) in [6.45, 7) is 2.14. The van der Waals surface area contributed by atoms with E-state index in [4.69, 9.17) is 5.26 Å². The molecule has 0 amide bonds. The number of nitrogens with zero attached hydrogens (tertiary/aromatic N) is 1. The van der Waals surface area contributed by atoms with Gasteiger partial charge in [0, 0.05) is 5.56 Å². The van der Waals surface area contributed by atoms with Gasteiger partial charge in [0.15, 0.2) is 0 Å². The van der Waals surface area contributed by atoms with Crippen molar-refractivity contribution in [3.05, 3.63) is 69.5 Å². The van der Waals surface area contributed by atoms with Crippen LogP contribution in [0.2, 0.25) is 0 Å². The van der Waals surface area contributed by atoms with E-state index in [1.54, 1.807) is 6.07 Å². The summed E-state index contributed by atoms with van der Waals surface area (Å²) in [4.78, 5) is 0. The largest absolute Gasteiger partial charge is 0.207 e. The summed E-state index contributed by atoms with van der Waals surface area (Å²) in [6.07, 6.45) is 8.42. The van der Waals surface area contributed by atoms with E-state index in [-0.39, 0.29) is 17.0 Å². The van der Waals surface area contributed by atoms with Crippen LogP contribution in [0.3, 0.4) is 0 Å². The first kappa shape index (κ1) is 21.4. The van der Waals surface area contributed by atoms with Gasteiger partial charge >= 0.3 is 0 Å². The Bertz CT molecular complexity index is 875. The molecule has 29 heavy (non-hydrogen) atoms. The highest BCUT2D eigenvalue weighted by Gasteiger charge is 2.22. The van der Waals surface area contributed by atoms with Gasteiger partial charge in [0.1, 0.15) is 23.5 Å². The zero-order chi connectivity index (χ0) is 20.8. The van der Waals surface area contributed by atoms with Crippen molar-refractivity contribution in [3.63, 3.8) is 0 Å². The second-order valence-corrected chi connectivity index (χ2v) is 8.21. The zero-order valence-electron chi connectivity index (χ0n) is 17.0. The summed E-state index contributed by atoms with van der Waals surface area (Å²) < 4.78 is 42.9. The highest BCUT2D eigenvalue weighted by atomic mass is 19.1. The molecule has 1 atom stereocenters. The van der Waals surface area contributed by atoms with Gasteiger partial charge in [-0.05, 0) is 91.8 Å². The lowest BCUT2D eigenvalue weighted by Crippen LogP contribution is -2.16. The molecule has 0 heterocycles. The average molecular weight is 400 g/mol. The molecule has 0 saturated heterocycles. The Morgan fingerprint density at radius 2 is 1.69 bits per heavy atom. The number of nitriles is 1. The smallest absolute Gasteiger partial charge is 0.141 e. The zero-order valence-corrected chi connectivity index (χ0v) is 17.0.